The minimum atomic E-state index is -1.55. The van der Waals surface area contributed by atoms with Crippen LogP contribution in [0.5, 0.6) is 0 Å². The molecule has 16 heavy (non-hydrogen) atoms. The molecule has 5 heteroatoms. The summed E-state index contributed by atoms with van der Waals surface area (Å²) < 4.78 is 26.0. The first kappa shape index (κ1) is 10.8. The van der Waals surface area contributed by atoms with Gasteiger partial charge in [0.2, 0.25) is 0 Å². The molecule has 2 aromatic rings. The van der Waals surface area contributed by atoms with Crippen LogP contribution in [0, 0.1) is 11.6 Å². The standard InChI is InChI=1S/C11H10F2N2O/c1-11(16,10-14-2-3-15-10)7-4-8(12)6-9(13)5-7/h2-6,16H,1H3,(H,14,15). The van der Waals surface area contributed by atoms with Crippen molar-refractivity contribution in [3.05, 3.63) is 53.6 Å². The number of halogens is 2. The van der Waals surface area contributed by atoms with E-state index in [2.05, 4.69) is 9.97 Å². The summed E-state index contributed by atoms with van der Waals surface area (Å²) in [7, 11) is 0. The first-order chi connectivity index (χ1) is 7.50. The van der Waals surface area contributed by atoms with Crippen LogP contribution in [-0.4, -0.2) is 15.1 Å². The van der Waals surface area contributed by atoms with E-state index in [-0.39, 0.29) is 11.4 Å². The molecule has 1 atom stereocenters. The number of aliphatic hydroxyl groups is 1. The quantitative estimate of drug-likeness (QED) is 0.819. The van der Waals surface area contributed by atoms with E-state index in [1.165, 1.54) is 19.3 Å². The summed E-state index contributed by atoms with van der Waals surface area (Å²) in [5, 5.41) is 10.2. The Hall–Kier alpha value is -1.75. The van der Waals surface area contributed by atoms with E-state index in [1.807, 2.05) is 0 Å². The van der Waals surface area contributed by atoms with Gasteiger partial charge in [0, 0.05) is 18.5 Å². The predicted molar refractivity (Wildman–Crippen MR) is 53.6 cm³/mol. The lowest BCUT2D eigenvalue weighted by Crippen LogP contribution is -2.24. The molecule has 0 amide bonds. The number of benzene rings is 1. The smallest absolute Gasteiger partial charge is 0.144 e. The number of nitrogens with zero attached hydrogens (tertiary/aromatic N) is 1. The molecule has 84 valence electrons. The van der Waals surface area contributed by atoms with E-state index in [0.29, 0.717) is 0 Å². The highest BCUT2D eigenvalue weighted by Gasteiger charge is 2.29. The number of H-pyrrole nitrogens is 1. The molecule has 0 aliphatic rings. The third-order valence-corrected chi connectivity index (χ3v) is 2.38. The van der Waals surface area contributed by atoms with Gasteiger partial charge in [-0.3, -0.25) is 0 Å². The molecule has 0 aliphatic heterocycles. The Morgan fingerprint density at radius 2 is 1.88 bits per heavy atom. The number of aromatic nitrogens is 2. The highest BCUT2D eigenvalue weighted by Crippen LogP contribution is 2.27. The molecule has 0 bridgehead atoms. The molecule has 2 rings (SSSR count). The second-order valence-electron chi connectivity index (χ2n) is 3.67. The average molecular weight is 224 g/mol. The molecule has 1 aromatic heterocycles. The van der Waals surface area contributed by atoms with Gasteiger partial charge in [0.1, 0.15) is 23.1 Å². The first-order valence-electron chi connectivity index (χ1n) is 4.69. The van der Waals surface area contributed by atoms with Crippen molar-refractivity contribution in [1.29, 1.82) is 0 Å². The summed E-state index contributed by atoms with van der Waals surface area (Å²) in [4.78, 5) is 6.58. The van der Waals surface area contributed by atoms with E-state index in [9.17, 15) is 13.9 Å². The Morgan fingerprint density at radius 1 is 1.25 bits per heavy atom. The maximum absolute atomic E-state index is 13.0. The molecule has 1 aromatic carbocycles. The summed E-state index contributed by atoms with van der Waals surface area (Å²) in [5.74, 6) is -1.24. The van der Waals surface area contributed by atoms with Gasteiger partial charge < -0.3 is 10.1 Å². The maximum atomic E-state index is 13.0. The van der Waals surface area contributed by atoms with Crippen LogP contribution in [0.2, 0.25) is 0 Å². The van der Waals surface area contributed by atoms with Gasteiger partial charge in [0.05, 0.1) is 0 Å². The highest BCUT2D eigenvalue weighted by molar-refractivity contribution is 5.29. The summed E-state index contributed by atoms with van der Waals surface area (Å²) in [6.45, 7) is 1.42. The Balaban J connectivity index is 2.51. The van der Waals surface area contributed by atoms with Crippen LogP contribution in [0.15, 0.2) is 30.6 Å². The van der Waals surface area contributed by atoms with Crippen molar-refractivity contribution in [2.75, 3.05) is 0 Å². The fourth-order valence-electron chi connectivity index (χ4n) is 1.50. The van der Waals surface area contributed by atoms with Crippen LogP contribution in [0.4, 0.5) is 8.78 Å². The summed E-state index contributed by atoms with van der Waals surface area (Å²) in [6.07, 6.45) is 2.99. The molecule has 0 spiro atoms. The van der Waals surface area contributed by atoms with E-state index in [1.54, 1.807) is 0 Å². The topological polar surface area (TPSA) is 48.9 Å². The summed E-state index contributed by atoms with van der Waals surface area (Å²) in [6, 6.07) is 2.90. The van der Waals surface area contributed by atoms with Crippen LogP contribution in [0.3, 0.4) is 0 Å². The minimum Gasteiger partial charge on any atom is -0.377 e. The van der Waals surface area contributed by atoms with Crippen molar-refractivity contribution >= 4 is 0 Å². The largest absolute Gasteiger partial charge is 0.377 e. The van der Waals surface area contributed by atoms with Gasteiger partial charge in [-0.2, -0.15) is 0 Å². The van der Waals surface area contributed by atoms with E-state index in [0.717, 1.165) is 18.2 Å². The van der Waals surface area contributed by atoms with Gasteiger partial charge in [0.15, 0.2) is 0 Å². The van der Waals surface area contributed by atoms with Gasteiger partial charge >= 0.3 is 0 Å². The Bertz CT molecular complexity index is 474. The number of hydrogen-bond donors (Lipinski definition) is 2. The lowest BCUT2D eigenvalue weighted by atomic mass is 9.95. The molecule has 3 nitrogen and oxygen atoms in total. The zero-order valence-corrected chi connectivity index (χ0v) is 8.54. The lowest BCUT2D eigenvalue weighted by molar-refractivity contribution is 0.0924. The first-order valence-corrected chi connectivity index (χ1v) is 4.69. The van der Waals surface area contributed by atoms with Gasteiger partial charge in [-0.05, 0) is 24.6 Å². The fraction of sp³-hybridized carbons (Fsp3) is 0.182. The Morgan fingerprint density at radius 3 is 2.38 bits per heavy atom. The van der Waals surface area contributed by atoms with Gasteiger partial charge in [-0.25, -0.2) is 13.8 Å². The molecule has 0 radical (unpaired) electrons. The van der Waals surface area contributed by atoms with E-state index in [4.69, 9.17) is 0 Å². The van der Waals surface area contributed by atoms with Crippen LogP contribution in [-0.2, 0) is 5.60 Å². The van der Waals surface area contributed by atoms with Gasteiger partial charge in [0.25, 0.3) is 0 Å². The average Bonchev–Trinajstić information content (AvgIpc) is 2.69. The molecule has 2 N–H and O–H groups in total. The van der Waals surface area contributed by atoms with Crippen molar-refractivity contribution in [3.8, 4) is 0 Å². The third kappa shape index (κ3) is 1.81. The van der Waals surface area contributed by atoms with Crippen LogP contribution in [0.25, 0.3) is 0 Å². The molecule has 1 unspecified atom stereocenters. The van der Waals surface area contributed by atoms with Crippen LogP contribution in [0.1, 0.15) is 18.3 Å². The van der Waals surface area contributed by atoms with Gasteiger partial charge in [-0.1, -0.05) is 0 Å². The van der Waals surface area contributed by atoms with Crippen molar-refractivity contribution in [1.82, 2.24) is 9.97 Å². The summed E-state index contributed by atoms with van der Waals surface area (Å²) >= 11 is 0. The predicted octanol–water partition coefficient (Wildman–Crippen LogP) is 1.94. The Labute approximate surface area is 90.8 Å². The SMILES string of the molecule is CC(O)(c1cc(F)cc(F)c1)c1ncc[nH]1. The fourth-order valence-corrected chi connectivity index (χ4v) is 1.50. The van der Waals surface area contributed by atoms with Gasteiger partial charge in [-0.15, -0.1) is 0 Å². The molecule has 0 saturated carbocycles. The van der Waals surface area contributed by atoms with E-state index < -0.39 is 17.2 Å². The van der Waals surface area contributed by atoms with Crippen molar-refractivity contribution in [2.45, 2.75) is 12.5 Å². The normalized spacial score (nSPS) is 14.8. The second kappa shape index (κ2) is 3.68. The lowest BCUT2D eigenvalue weighted by Gasteiger charge is -2.21. The number of imidazole rings is 1. The van der Waals surface area contributed by atoms with Crippen molar-refractivity contribution in [3.63, 3.8) is 0 Å². The zero-order valence-electron chi connectivity index (χ0n) is 8.54. The monoisotopic (exact) mass is 224 g/mol. The molecule has 0 aliphatic carbocycles. The third-order valence-electron chi connectivity index (χ3n) is 2.38. The molecule has 1 heterocycles. The van der Waals surface area contributed by atoms with Crippen LogP contribution < -0.4 is 0 Å². The Kier molecular flexibility index (Phi) is 2.47. The van der Waals surface area contributed by atoms with Crippen molar-refractivity contribution < 1.29 is 13.9 Å². The highest BCUT2D eigenvalue weighted by atomic mass is 19.1. The number of hydrogen-bond acceptors (Lipinski definition) is 2. The van der Waals surface area contributed by atoms with Crippen molar-refractivity contribution in [2.24, 2.45) is 0 Å². The molecular formula is C11H10F2N2O. The maximum Gasteiger partial charge on any atom is 0.144 e. The molecule has 0 fully saturated rings. The zero-order chi connectivity index (χ0) is 11.8. The van der Waals surface area contributed by atoms with Crippen LogP contribution >= 0.6 is 0 Å². The molecule has 0 saturated heterocycles. The van der Waals surface area contributed by atoms with E-state index >= 15 is 0 Å². The second-order valence-corrected chi connectivity index (χ2v) is 3.67. The minimum absolute atomic E-state index is 0.111. The number of aromatic amines is 1. The summed E-state index contributed by atoms with van der Waals surface area (Å²) in [5.41, 5.74) is -1.44. The number of rotatable bonds is 2. The number of nitrogens with one attached hydrogen (secondary N) is 1. The molecular weight excluding hydrogens is 214 g/mol.